The van der Waals surface area contributed by atoms with Crippen molar-refractivity contribution in [1.29, 1.82) is 0 Å². The van der Waals surface area contributed by atoms with Crippen LogP contribution < -0.4 is 9.64 Å². The standard InChI is InChI=1S/C30H26ClN5O2/c1-38-28-14-8-7-13-26(28)34-15-17-35(18-16-34)30(37)27-19-25(22-11-5-6-12-23(22)31)32-29-20-24(33-36(27)29)21-9-3-2-4-10-21/h2-14,19-20H,15-18H2,1H3. The van der Waals surface area contributed by atoms with Gasteiger partial charge in [-0.25, -0.2) is 9.50 Å². The number of aromatic nitrogens is 3. The summed E-state index contributed by atoms with van der Waals surface area (Å²) in [6, 6.07) is 29.1. The summed E-state index contributed by atoms with van der Waals surface area (Å²) < 4.78 is 7.19. The summed E-state index contributed by atoms with van der Waals surface area (Å²) >= 11 is 6.52. The molecule has 3 heterocycles. The number of carbonyl (C=O) groups is 1. The van der Waals surface area contributed by atoms with Gasteiger partial charge in [-0.2, -0.15) is 5.10 Å². The van der Waals surface area contributed by atoms with Crippen LogP contribution in [0.4, 0.5) is 5.69 Å². The van der Waals surface area contributed by atoms with E-state index in [4.69, 9.17) is 26.4 Å². The SMILES string of the molecule is COc1ccccc1N1CCN(C(=O)c2cc(-c3ccccc3Cl)nc3cc(-c4ccccc4)nn23)CC1. The Morgan fingerprint density at radius 3 is 2.32 bits per heavy atom. The largest absolute Gasteiger partial charge is 0.495 e. The molecular weight excluding hydrogens is 498 g/mol. The molecule has 1 aliphatic rings. The lowest BCUT2D eigenvalue weighted by molar-refractivity contribution is 0.0738. The molecule has 8 heteroatoms. The van der Waals surface area contributed by atoms with E-state index in [-0.39, 0.29) is 5.91 Å². The number of halogens is 1. The molecule has 6 rings (SSSR count). The molecule has 190 valence electrons. The fraction of sp³-hybridized carbons (Fsp3) is 0.167. The van der Waals surface area contributed by atoms with E-state index in [9.17, 15) is 4.79 Å². The lowest BCUT2D eigenvalue weighted by atomic mass is 10.1. The molecule has 7 nitrogen and oxygen atoms in total. The van der Waals surface area contributed by atoms with Crippen LogP contribution in [0, 0.1) is 0 Å². The highest BCUT2D eigenvalue weighted by atomic mass is 35.5. The summed E-state index contributed by atoms with van der Waals surface area (Å²) in [5.74, 6) is 0.741. The fourth-order valence-corrected chi connectivity index (χ4v) is 5.12. The highest BCUT2D eigenvalue weighted by Gasteiger charge is 2.27. The van der Waals surface area contributed by atoms with E-state index in [2.05, 4.69) is 4.90 Å². The summed E-state index contributed by atoms with van der Waals surface area (Å²) in [7, 11) is 1.68. The molecule has 2 aromatic heterocycles. The molecule has 0 aliphatic carbocycles. The molecule has 0 radical (unpaired) electrons. The molecule has 1 fully saturated rings. The van der Waals surface area contributed by atoms with Crippen LogP contribution in [0.15, 0.2) is 91.0 Å². The Morgan fingerprint density at radius 2 is 1.55 bits per heavy atom. The number of carbonyl (C=O) groups excluding carboxylic acids is 1. The van der Waals surface area contributed by atoms with Gasteiger partial charge in [-0.05, 0) is 24.3 Å². The second-order valence-electron chi connectivity index (χ2n) is 9.12. The van der Waals surface area contributed by atoms with Crippen LogP contribution in [-0.4, -0.2) is 58.7 Å². The van der Waals surface area contributed by atoms with Gasteiger partial charge in [-0.3, -0.25) is 4.79 Å². The number of benzene rings is 3. The zero-order valence-corrected chi connectivity index (χ0v) is 21.7. The molecule has 38 heavy (non-hydrogen) atoms. The Labute approximate surface area is 225 Å². The monoisotopic (exact) mass is 523 g/mol. The first-order valence-electron chi connectivity index (χ1n) is 12.5. The van der Waals surface area contributed by atoms with Gasteiger partial charge in [-0.1, -0.05) is 72.3 Å². The van der Waals surface area contributed by atoms with Gasteiger partial charge in [0.1, 0.15) is 11.4 Å². The third-order valence-electron chi connectivity index (χ3n) is 6.86. The number of methoxy groups -OCH3 is 1. The number of rotatable bonds is 5. The predicted octanol–water partition coefficient (Wildman–Crippen LogP) is 5.69. The molecule has 0 atom stereocenters. The van der Waals surface area contributed by atoms with Crippen molar-refractivity contribution in [2.75, 3.05) is 38.2 Å². The van der Waals surface area contributed by atoms with E-state index in [1.54, 1.807) is 17.7 Å². The average Bonchev–Trinajstić information content (AvgIpc) is 3.41. The van der Waals surface area contributed by atoms with E-state index in [1.807, 2.05) is 89.8 Å². The number of nitrogens with zero attached hydrogens (tertiary/aromatic N) is 5. The Kier molecular flexibility index (Phi) is 6.43. The van der Waals surface area contributed by atoms with E-state index in [0.29, 0.717) is 48.2 Å². The van der Waals surface area contributed by atoms with Crippen LogP contribution in [0.5, 0.6) is 5.75 Å². The maximum atomic E-state index is 14.0. The number of hydrogen-bond acceptors (Lipinski definition) is 5. The van der Waals surface area contributed by atoms with Crippen molar-refractivity contribution in [3.8, 4) is 28.3 Å². The fourth-order valence-electron chi connectivity index (χ4n) is 4.89. The number of amides is 1. The van der Waals surface area contributed by atoms with Crippen molar-refractivity contribution < 1.29 is 9.53 Å². The minimum atomic E-state index is -0.0897. The number of ether oxygens (including phenoxy) is 1. The number of piperazine rings is 1. The van der Waals surface area contributed by atoms with E-state index in [1.165, 1.54) is 0 Å². The molecule has 1 aliphatic heterocycles. The molecule has 0 unspecified atom stereocenters. The minimum Gasteiger partial charge on any atom is -0.495 e. The molecule has 0 spiro atoms. The maximum Gasteiger partial charge on any atom is 0.272 e. The Balaban J connectivity index is 1.36. The van der Waals surface area contributed by atoms with Crippen LogP contribution in [0.2, 0.25) is 5.02 Å². The van der Waals surface area contributed by atoms with E-state index >= 15 is 0 Å². The molecule has 5 aromatic rings. The van der Waals surface area contributed by atoms with Crippen LogP contribution in [0.3, 0.4) is 0 Å². The molecule has 3 aromatic carbocycles. The van der Waals surface area contributed by atoms with Crippen molar-refractivity contribution in [3.63, 3.8) is 0 Å². The number of anilines is 1. The molecule has 0 N–H and O–H groups in total. The minimum absolute atomic E-state index is 0.0897. The zero-order valence-electron chi connectivity index (χ0n) is 20.9. The van der Waals surface area contributed by atoms with Crippen molar-refractivity contribution in [2.24, 2.45) is 0 Å². The van der Waals surface area contributed by atoms with Gasteiger partial charge in [0.15, 0.2) is 5.65 Å². The van der Waals surface area contributed by atoms with E-state index < -0.39 is 0 Å². The first-order valence-corrected chi connectivity index (χ1v) is 12.9. The van der Waals surface area contributed by atoms with Gasteiger partial charge >= 0.3 is 0 Å². The molecular formula is C30H26ClN5O2. The van der Waals surface area contributed by atoms with Gasteiger partial charge in [0.05, 0.1) is 24.2 Å². The van der Waals surface area contributed by atoms with E-state index in [0.717, 1.165) is 28.3 Å². The van der Waals surface area contributed by atoms with Crippen LogP contribution in [-0.2, 0) is 0 Å². The smallest absolute Gasteiger partial charge is 0.272 e. The highest BCUT2D eigenvalue weighted by molar-refractivity contribution is 6.33. The normalized spacial score (nSPS) is 13.6. The first-order chi connectivity index (χ1) is 18.6. The lowest BCUT2D eigenvalue weighted by Crippen LogP contribution is -2.49. The number of para-hydroxylation sites is 2. The second kappa shape index (κ2) is 10.2. The lowest BCUT2D eigenvalue weighted by Gasteiger charge is -2.36. The van der Waals surface area contributed by atoms with Gasteiger partial charge in [0.25, 0.3) is 5.91 Å². The Bertz CT molecular complexity index is 1610. The van der Waals surface area contributed by atoms with Gasteiger partial charge in [0.2, 0.25) is 0 Å². The Morgan fingerprint density at radius 1 is 0.842 bits per heavy atom. The summed E-state index contributed by atoms with van der Waals surface area (Å²) in [5.41, 5.74) is 5.21. The summed E-state index contributed by atoms with van der Waals surface area (Å²) in [6.07, 6.45) is 0. The Hall–Kier alpha value is -4.36. The van der Waals surface area contributed by atoms with Crippen molar-refractivity contribution in [2.45, 2.75) is 0 Å². The molecule has 0 saturated carbocycles. The summed E-state index contributed by atoms with van der Waals surface area (Å²) in [6.45, 7) is 2.56. The second-order valence-corrected chi connectivity index (χ2v) is 9.53. The quantitative estimate of drug-likeness (QED) is 0.296. The molecule has 0 bridgehead atoms. The third-order valence-corrected chi connectivity index (χ3v) is 7.19. The van der Waals surface area contributed by atoms with Crippen molar-refractivity contribution in [3.05, 3.63) is 102 Å². The number of fused-ring (bicyclic) bond motifs is 1. The van der Waals surface area contributed by atoms with Gasteiger partial charge < -0.3 is 14.5 Å². The van der Waals surface area contributed by atoms with Crippen LogP contribution in [0.1, 0.15) is 10.5 Å². The summed E-state index contributed by atoms with van der Waals surface area (Å²) in [4.78, 5) is 22.9. The molecule has 1 amide bonds. The van der Waals surface area contributed by atoms with Crippen LogP contribution >= 0.6 is 11.6 Å². The third kappa shape index (κ3) is 4.46. The topological polar surface area (TPSA) is 63.0 Å². The molecule has 1 saturated heterocycles. The van der Waals surface area contributed by atoms with Crippen molar-refractivity contribution in [1.82, 2.24) is 19.5 Å². The van der Waals surface area contributed by atoms with Gasteiger partial charge in [0, 0.05) is 48.4 Å². The van der Waals surface area contributed by atoms with Crippen molar-refractivity contribution >= 4 is 28.8 Å². The maximum absolute atomic E-state index is 14.0. The highest BCUT2D eigenvalue weighted by Crippen LogP contribution is 2.31. The predicted molar refractivity (Wildman–Crippen MR) is 150 cm³/mol. The average molecular weight is 524 g/mol. The zero-order chi connectivity index (χ0) is 26.1. The van der Waals surface area contributed by atoms with Crippen LogP contribution in [0.25, 0.3) is 28.2 Å². The van der Waals surface area contributed by atoms with Gasteiger partial charge in [-0.15, -0.1) is 0 Å². The summed E-state index contributed by atoms with van der Waals surface area (Å²) in [5, 5.41) is 5.37. The first kappa shape index (κ1) is 24.0. The number of hydrogen-bond donors (Lipinski definition) is 0.